The number of carboxylic acid groups (broad SMARTS) is 1. The molecule has 2 aromatic carbocycles. The van der Waals surface area contributed by atoms with Crippen LogP contribution in [0.1, 0.15) is 26.3 Å². The first-order valence-electron chi connectivity index (χ1n) is 6.03. The summed E-state index contributed by atoms with van der Waals surface area (Å²) in [5.74, 6) is -3.11. The molecule has 0 atom stereocenters. The molecule has 6 heteroatoms. The Labute approximate surface area is 119 Å². The van der Waals surface area contributed by atoms with Gasteiger partial charge in [-0.05, 0) is 36.8 Å². The lowest BCUT2D eigenvalue weighted by atomic mass is 10.1. The second-order valence-electron chi connectivity index (χ2n) is 4.42. The minimum absolute atomic E-state index is 0.0552. The zero-order valence-corrected chi connectivity index (χ0v) is 11.1. The molecule has 2 rings (SSSR count). The summed E-state index contributed by atoms with van der Waals surface area (Å²) in [7, 11) is 0. The molecule has 0 aliphatic heterocycles. The molecule has 0 unspecified atom stereocenters. The van der Waals surface area contributed by atoms with Crippen molar-refractivity contribution in [1.29, 1.82) is 0 Å². The van der Waals surface area contributed by atoms with Gasteiger partial charge in [-0.25, -0.2) is 9.18 Å². The minimum atomic E-state index is -1.48. The van der Waals surface area contributed by atoms with E-state index in [9.17, 15) is 19.1 Å². The lowest BCUT2D eigenvalue weighted by Crippen LogP contribution is -2.15. The van der Waals surface area contributed by atoms with Crippen LogP contribution in [-0.2, 0) is 0 Å². The quantitative estimate of drug-likeness (QED) is 0.811. The monoisotopic (exact) mass is 289 g/mol. The van der Waals surface area contributed by atoms with Gasteiger partial charge in [0.1, 0.15) is 17.1 Å². The van der Waals surface area contributed by atoms with Crippen LogP contribution in [0.5, 0.6) is 5.75 Å². The van der Waals surface area contributed by atoms with Gasteiger partial charge < -0.3 is 15.5 Å². The van der Waals surface area contributed by atoms with Crippen LogP contribution < -0.4 is 5.32 Å². The molecule has 0 spiro atoms. The maximum atomic E-state index is 13.5. The van der Waals surface area contributed by atoms with Gasteiger partial charge in [-0.1, -0.05) is 12.1 Å². The number of benzene rings is 2. The summed E-state index contributed by atoms with van der Waals surface area (Å²) in [5, 5.41) is 20.9. The Morgan fingerprint density at radius 1 is 1.19 bits per heavy atom. The molecule has 0 radical (unpaired) electrons. The standard InChI is InChI=1S/C15H12FNO4/c1-8-5-6-9(7-12(8)18)14(19)17-11-4-2-3-10(16)13(11)15(20)21/h2-7,18H,1H3,(H,17,19)(H,20,21). The number of aromatic carboxylic acids is 1. The number of carbonyl (C=O) groups excluding carboxylic acids is 1. The number of nitrogens with one attached hydrogen (secondary N) is 1. The smallest absolute Gasteiger partial charge is 0.340 e. The lowest BCUT2D eigenvalue weighted by molar-refractivity contribution is 0.0693. The lowest BCUT2D eigenvalue weighted by Gasteiger charge is -2.09. The van der Waals surface area contributed by atoms with Crippen molar-refractivity contribution < 1.29 is 24.2 Å². The van der Waals surface area contributed by atoms with Gasteiger partial charge in [0.15, 0.2) is 0 Å². The van der Waals surface area contributed by atoms with E-state index >= 15 is 0 Å². The van der Waals surface area contributed by atoms with Crippen LogP contribution >= 0.6 is 0 Å². The number of halogens is 1. The van der Waals surface area contributed by atoms with E-state index in [1.807, 2.05) is 0 Å². The van der Waals surface area contributed by atoms with Crippen molar-refractivity contribution in [1.82, 2.24) is 0 Å². The third-order valence-corrected chi connectivity index (χ3v) is 2.95. The van der Waals surface area contributed by atoms with Crippen LogP contribution in [0.15, 0.2) is 36.4 Å². The molecular formula is C15H12FNO4. The molecule has 0 saturated carbocycles. The van der Waals surface area contributed by atoms with E-state index in [0.29, 0.717) is 5.56 Å². The highest BCUT2D eigenvalue weighted by Gasteiger charge is 2.18. The molecule has 1 amide bonds. The van der Waals surface area contributed by atoms with E-state index in [-0.39, 0.29) is 17.0 Å². The Balaban J connectivity index is 2.34. The molecule has 0 bridgehead atoms. The minimum Gasteiger partial charge on any atom is -0.508 e. The topological polar surface area (TPSA) is 86.6 Å². The average molecular weight is 289 g/mol. The fourth-order valence-corrected chi connectivity index (χ4v) is 1.79. The fraction of sp³-hybridized carbons (Fsp3) is 0.0667. The van der Waals surface area contributed by atoms with Gasteiger partial charge in [-0.2, -0.15) is 0 Å². The van der Waals surface area contributed by atoms with Gasteiger partial charge in [-0.3, -0.25) is 4.79 Å². The van der Waals surface area contributed by atoms with Crippen molar-refractivity contribution in [3.63, 3.8) is 0 Å². The number of rotatable bonds is 3. The molecule has 5 nitrogen and oxygen atoms in total. The van der Waals surface area contributed by atoms with Crippen molar-refractivity contribution in [3.05, 3.63) is 58.9 Å². The third kappa shape index (κ3) is 3.00. The number of aromatic hydroxyl groups is 1. The summed E-state index contributed by atoms with van der Waals surface area (Å²) in [4.78, 5) is 23.1. The first-order chi connectivity index (χ1) is 9.90. The predicted octanol–water partition coefficient (Wildman–Crippen LogP) is 2.79. The SMILES string of the molecule is Cc1ccc(C(=O)Nc2cccc(F)c2C(=O)O)cc1O. The Morgan fingerprint density at radius 2 is 1.90 bits per heavy atom. The second kappa shape index (κ2) is 5.62. The molecule has 0 aliphatic carbocycles. The molecular weight excluding hydrogens is 277 g/mol. The van der Waals surface area contributed by atoms with Crippen molar-refractivity contribution in [3.8, 4) is 5.75 Å². The van der Waals surface area contributed by atoms with E-state index in [0.717, 1.165) is 6.07 Å². The van der Waals surface area contributed by atoms with Crippen LogP contribution in [0.3, 0.4) is 0 Å². The molecule has 0 saturated heterocycles. The van der Waals surface area contributed by atoms with E-state index < -0.39 is 23.3 Å². The van der Waals surface area contributed by atoms with Gasteiger partial charge in [-0.15, -0.1) is 0 Å². The largest absolute Gasteiger partial charge is 0.508 e. The first kappa shape index (κ1) is 14.5. The molecule has 0 heterocycles. The average Bonchev–Trinajstić information content (AvgIpc) is 2.41. The summed E-state index contributed by atoms with van der Waals surface area (Å²) in [5.41, 5.74) is -0.0167. The van der Waals surface area contributed by atoms with E-state index in [1.165, 1.54) is 24.3 Å². The van der Waals surface area contributed by atoms with E-state index in [4.69, 9.17) is 5.11 Å². The summed E-state index contributed by atoms with van der Waals surface area (Å²) >= 11 is 0. The van der Waals surface area contributed by atoms with Crippen molar-refractivity contribution in [2.45, 2.75) is 6.92 Å². The van der Waals surface area contributed by atoms with Gasteiger partial charge in [0, 0.05) is 5.56 Å². The highest BCUT2D eigenvalue weighted by atomic mass is 19.1. The maximum Gasteiger partial charge on any atom is 0.340 e. The number of phenolic OH excluding ortho intramolecular Hbond substituents is 1. The van der Waals surface area contributed by atoms with Crippen LogP contribution in [0.4, 0.5) is 10.1 Å². The fourth-order valence-electron chi connectivity index (χ4n) is 1.79. The van der Waals surface area contributed by atoms with Crippen molar-refractivity contribution in [2.75, 3.05) is 5.32 Å². The van der Waals surface area contributed by atoms with Crippen LogP contribution in [0, 0.1) is 12.7 Å². The molecule has 0 aromatic heterocycles. The number of phenols is 1. The van der Waals surface area contributed by atoms with Gasteiger partial charge in [0.25, 0.3) is 5.91 Å². The van der Waals surface area contributed by atoms with Crippen LogP contribution in [0.25, 0.3) is 0 Å². The number of aryl methyl sites for hydroxylation is 1. The van der Waals surface area contributed by atoms with Gasteiger partial charge >= 0.3 is 5.97 Å². The van der Waals surface area contributed by atoms with Gasteiger partial charge in [0.05, 0.1) is 5.69 Å². The molecule has 0 aliphatic rings. The summed E-state index contributed by atoms with van der Waals surface area (Å²) in [6, 6.07) is 7.86. The molecule has 108 valence electrons. The zero-order chi connectivity index (χ0) is 15.6. The van der Waals surface area contributed by atoms with E-state index in [2.05, 4.69) is 5.32 Å². The summed E-state index contributed by atoms with van der Waals surface area (Å²) in [6.07, 6.45) is 0. The third-order valence-electron chi connectivity index (χ3n) is 2.95. The number of hydrogen-bond acceptors (Lipinski definition) is 3. The molecule has 2 aromatic rings. The number of hydrogen-bond donors (Lipinski definition) is 3. The van der Waals surface area contributed by atoms with Crippen LogP contribution in [0.2, 0.25) is 0 Å². The van der Waals surface area contributed by atoms with Crippen molar-refractivity contribution in [2.24, 2.45) is 0 Å². The summed E-state index contributed by atoms with van der Waals surface area (Å²) in [6.45, 7) is 1.67. The second-order valence-corrected chi connectivity index (χ2v) is 4.42. The van der Waals surface area contributed by atoms with Crippen LogP contribution in [-0.4, -0.2) is 22.1 Å². The number of amides is 1. The maximum absolute atomic E-state index is 13.5. The number of anilines is 1. The highest BCUT2D eigenvalue weighted by Crippen LogP contribution is 2.22. The normalized spacial score (nSPS) is 10.2. The first-order valence-corrected chi connectivity index (χ1v) is 6.03. The Morgan fingerprint density at radius 3 is 2.52 bits per heavy atom. The molecule has 0 fully saturated rings. The van der Waals surface area contributed by atoms with E-state index in [1.54, 1.807) is 13.0 Å². The predicted molar refractivity (Wildman–Crippen MR) is 74.2 cm³/mol. The molecule has 21 heavy (non-hydrogen) atoms. The zero-order valence-electron chi connectivity index (χ0n) is 11.1. The highest BCUT2D eigenvalue weighted by molar-refractivity contribution is 6.08. The number of carboxylic acids is 1. The summed E-state index contributed by atoms with van der Waals surface area (Å²) < 4.78 is 13.5. The van der Waals surface area contributed by atoms with Crippen molar-refractivity contribution >= 4 is 17.6 Å². The Kier molecular flexibility index (Phi) is 3.89. The molecule has 3 N–H and O–H groups in total. The Bertz CT molecular complexity index is 728. The Hall–Kier alpha value is -2.89. The number of carbonyl (C=O) groups is 2. The van der Waals surface area contributed by atoms with Gasteiger partial charge in [0.2, 0.25) is 0 Å².